The van der Waals surface area contributed by atoms with Crippen molar-refractivity contribution in [2.45, 2.75) is 76.1 Å². The molecule has 0 fully saturated rings. The SMILES string of the molecule is CSc1nnc(CNC(=O)c2ccccc2NC(=O)CCCCCCCCCC[n+]2ccccc2)o1. The molecular formula is C27H36N5O3S+. The van der Waals surface area contributed by atoms with Crippen LogP contribution in [-0.2, 0) is 17.9 Å². The lowest BCUT2D eigenvalue weighted by Crippen LogP contribution is -2.32. The first-order valence-corrected chi connectivity index (χ1v) is 13.9. The number of carbonyl (C=O) groups is 2. The third kappa shape index (κ3) is 9.81. The lowest BCUT2D eigenvalue weighted by molar-refractivity contribution is -0.697. The molecule has 0 bridgehead atoms. The number of para-hydroxylation sites is 1. The highest BCUT2D eigenvalue weighted by molar-refractivity contribution is 7.98. The molecule has 3 rings (SSSR count). The van der Waals surface area contributed by atoms with Gasteiger partial charge in [0.05, 0.1) is 17.8 Å². The molecule has 2 aromatic heterocycles. The maximum Gasteiger partial charge on any atom is 0.276 e. The molecule has 0 radical (unpaired) electrons. The number of thioether (sulfide) groups is 1. The minimum absolute atomic E-state index is 0.0739. The van der Waals surface area contributed by atoms with Gasteiger partial charge in [-0.2, -0.15) is 0 Å². The standard InChI is InChI=1S/C27H35N5O3S/c1-36-27-31-30-25(35-27)21-28-26(34)22-15-10-11-16-23(22)29-24(33)17-9-6-4-2-3-5-7-12-18-32-19-13-8-14-20-32/h8,10-11,13-16,19-20H,2-7,9,12,17-18,21H2,1H3,(H-,28,29,33,34)/p+1. The summed E-state index contributed by atoms with van der Waals surface area (Å²) in [6.07, 6.45) is 15.7. The molecule has 2 amide bonds. The highest BCUT2D eigenvalue weighted by Crippen LogP contribution is 2.17. The predicted molar refractivity (Wildman–Crippen MR) is 141 cm³/mol. The minimum atomic E-state index is -0.308. The molecule has 3 aromatic rings. The van der Waals surface area contributed by atoms with E-state index in [1.54, 1.807) is 24.3 Å². The highest BCUT2D eigenvalue weighted by atomic mass is 32.2. The van der Waals surface area contributed by atoms with Gasteiger partial charge in [0, 0.05) is 25.0 Å². The zero-order chi connectivity index (χ0) is 25.4. The topological polar surface area (TPSA) is 101 Å². The van der Waals surface area contributed by atoms with E-state index in [2.05, 4.69) is 49.9 Å². The van der Waals surface area contributed by atoms with Gasteiger partial charge in [-0.1, -0.05) is 62.1 Å². The Kier molecular flexibility index (Phi) is 12.0. The van der Waals surface area contributed by atoms with Crippen LogP contribution in [0.1, 0.15) is 74.0 Å². The molecule has 0 aliphatic carbocycles. The summed E-state index contributed by atoms with van der Waals surface area (Å²) < 4.78 is 7.61. The summed E-state index contributed by atoms with van der Waals surface area (Å²) in [5.74, 6) is -0.0484. The lowest BCUT2D eigenvalue weighted by atomic mass is 10.1. The maximum atomic E-state index is 12.6. The molecule has 0 saturated heterocycles. The first kappa shape index (κ1) is 27.4. The number of pyridine rings is 1. The Balaban J connectivity index is 1.27. The van der Waals surface area contributed by atoms with E-state index in [0.717, 1.165) is 25.8 Å². The van der Waals surface area contributed by atoms with Crippen molar-refractivity contribution in [2.75, 3.05) is 11.6 Å². The fourth-order valence-corrected chi connectivity index (χ4v) is 4.17. The van der Waals surface area contributed by atoms with Crippen LogP contribution in [0.3, 0.4) is 0 Å². The molecule has 0 spiro atoms. The Morgan fingerprint density at radius 1 is 0.889 bits per heavy atom. The summed E-state index contributed by atoms with van der Waals surface area (Å²) in [6.45, 7) is 1.21. The number of unbranched alkanes of at least 4 members (excludes halogenated alkanes) is 7. The summed E-state index contributed by atoms with van der Waals surface area (Å²) >= 11 is 1.34. The number of hydrogen-bond donors (Lipinski definition) is 2. The molecule has 0 aliphatic rings. The van der Waals surface area contributed by atoms with Crippen molar-refractivity contribution in [1.29, 1.82) is 0 Å². The van der Waals surface area contributed by atoms with E-state index in [4.69, 9.17) is 4.42 Å². The van der Waals surface area contributed by atoms with Crippen LogP contribution in [0, 0.1) is 0 Å². The van der Waals surface area contributed by atoms with Crippen molar-refractivity contribution in [2.24, 2.45) is 0 Å². The van der Waals surface area contributed by atoms with Gasteiger partial charge in [0.25, 0.3) is 11.1 Å². The molecule has 9 heteroatoms. The maximum absolute atomic E-state index is 12.6. The van der Waals surface area contributed by atoms with Gasteiger partial charge in [0.15, 0.2) is 12.4 Å². The molecule has 0 saturated carbocycles. The quantitative estimate of drug-likeness (QED) is 0.157. The number of benzene rings is 1. The molecule has 0 unspecified atom stereocenters. The van der Waals surface area contributed by atoms with Gasteiger partial charge >= 0.3 is 0 Å². The van der Waals surface area contributed by atoms with Crippen molar-refractivity contribution < 1.29 is 18.6 Å². The van der Waals surface area contributed by atoms with Crippen LogP contribution in [0.2, 0.25) is 0 Å². The van der Waals surface area contributed by atoms with Gasteiger partial charge in [-0.15, -0.1) is 10.2 Å². The second-order valence-electron chi connectivity index (χ2n) is 8.63. The molecule has 1 aromatic carbocycles. The zero-order valence-corrected chi connectivity index (χ0v) is 21.8. The predicted octanol–water partition coefficient (Wildman–Crippen LogP) is 5.16. The van der Waals surface area contributed by atoms with Crippen LogP contribution in [-0.4, -0.2) is 28.3 Å². The Bertz CT molecular complexity index is 1070. The monoisotopic (exact) mass is 510 g/mol. The first-order chi connectivity index (χ1) is 17.7. The number of amides is 2. The number of rotatable bonds is 16. The molecule has 192 valence electrons. The molecule has 2 N–H and O–H groups in total. The van der Waals surface area contributed by atoms with E-state index >= 15 is 0 Å². The number of aromatic nitrogens is 3. The third-order valence-electron chi connectivity index (χ3n) is 5.82. The summed E-state index contributed by atoms with van der Waals surface area (Å²) in [4.78, 5) is 25.1. The van der Waals surface area contributed by atoms with E-state index in [0.29, 0.717) is 28.8 Å². The van der Waals surface area contributed by atoms with E-state index in [-0.39, 0.29) is 18.4 Å². The van der Waals surface area contributed by atoms with E-state index < -0.39 is 0 Å². The summed E-state index contributed by atoms with van der Waals surface area (Å²) in [6, 6.07) is 13.2. The number of anilines is 1. The second kappa shape index (κ2) is 15.7. The second-order valence-corrected chi connectivity index (χ2v) is 9.39. The van der Waals surface area contributed by atoms with Crippen molar-refractivity contribution in [3.05, 3.63) is 66.3 Å². The van der Waals surface area contributed by atoms with E-state index in [1.807, 2.05) is 12.3 Å². The summed E-state index contributed by atoms with van der Waals surface area (Å²) in [7, 11) is 0. The number of nitrogens with zero attached hydrogens (tertiary/aromatic N) is 3. The largest absolute Gasteiger partial charge is 0.414 e. The normalized spacial score (nSPS) is 10.8. The minimum Gasteiger partial charge on any atom is -0.414 e. The smallest absolute Gasteiger partial charge is 0.276 e. The number of hydrogen-bond acceptors (Lipinski definition) is 6. The molecule has 0 aliphatic heterocycles. The van der Waals surface area contributed by atoms with Crippen LogP contribution >= 0.6 is 11.8 Å². The van der Waals surface area contributed by atoms with Crippen molar-refractivity contribution in [1.82, 2.24) is 15.5 Å². The molecule has 0 atom stereocenters. The number of aryl methyl sites for hydroxylation is 1. The van der Waals surface area contributed by atoms with Gasteiger partial charge in [0.2, 0.25) is 11.8 Å². The van der Waals surface area contributed by atoms with Crippen LogP contribution in [0.15, 0.2) is 64.5 Å². The van der Waals surface area contributed by atoms with Gasteiger partial charge in [-0.25, -0.2) is 4.57 Å². The zero-order valence-electron chi connectivity index (χ0n) is 20.9. The van der Waals surface area contributed by atoms with E-state index in [1.165, 1.54) is 43.9 Å². The Hall–Kier alpha value is -3.20. The number of carbonyl (C=O) groups excluding carboxylic acids is 2. The Morgan fingerprint density at radius 2 is 1.58 bits per heavy atom. The average Bonchev–Trinajstić information content (AvgIpc) is 3.37. The lowest BCUT2D eigenvalue weighted by Gasteiger charge is -2.11. The summed E-state index contributed by atoms with van der Waals surface area (Å²) in [5, 5.41) is 13.8. The van der Waals surface area contributed by atoms with Crippen molar-refractivity contribution in [3.63, 3.8) is 0 Å². The van der Waals surface area contributed by atoms with Crippen molar-refractivity contribution in [3.8, 4) is 0 Å². The molecule has 8 nitrogen and oxygen atoms in total. The Labute approximate surface area is 217 Å². The van der Waals surface area contributed by atoms with Gasteiger partial charge in [0.1, 0.15) is 6.54 Å². The van der Waals surface area contributed by atoms with Crippen molar-refractivity contribution >= 4 is 29.3 Å². The molecule has 36 heavy (non-hydrogen) atoms. The fourth-order valence-electron chi connectivity index (χ4n) is 3.87. The third-order valence-corrected chi connectivity index (χ3v) is 6.33. The Morgan fingerprint density at radius 3 is 2.31 bits per heavy atom. The van der Waals surface area contributed by atoms with Crippen LogP contribution < -0.4 is 15.2 Å². The van der Waals surface area contributed by atoms with Crippen LogP contribution in [0.5, 0.6) is 0 Å². The van der Waals surface area contributed by atoms with Gasteiger partial charge < -0.3 is 15.1 Å². The molecular weight excluding hydrogens is 474 g/mol. The number of nitrogens with one attached hydrogen (secondary N) is 2. The van der Waals surface area contributed by atoms with Gasteiger partial charge in [-0.3, -0.25) is 9.59 Å². The first-order valence-electron chi connectivity index (χ1n) is 12.6. The van der Waals surface area contributed by atoms with Gasteiger partial charge in [-0.05, 0) is 31.2 Å². The van der Waals surface area contributed by atoms with E-state index in [9.17, 15) is 9.59 Å². The molecule has 2 heterocycles. The average molecular weight is 511 g/mol. The highest BCUT2D eigenvalue weighted by Gasteiger charge is 2.14. The van der Waals surface area contributed by atoms with Crippen LogP contribution in [0.4, 0.5) is 5.69 Å². The fraction of sp³-hybridized carbons (Fsp3) is 0.444. The van der Waals surface area contributed by atoms with Crippen LogP contribution in [0.25, 0.3) is 0 Å². The summed E-state index contributed by atoms with van der Waals surface area (Å²) in [5.41, 5.74) is 0.908.